The number of nitrogens with one attached hydrogen (secondary N) is 1. The number of ether oxygens (including phenoxy) is 3. The van der Waals surface area contributed by atoms with Crippen LogP contribution in [-0.2, 0) is 6.18 Å². The van der Waals surface area contributed by atoms with E-state index in [0.717, 1.165) is 17.7 Å². The summed E-state index contributed by atoms with van der Waals surface area (Å²) in [5.41, 5.74) is 0.761. The molecule has 0 saturated heterocycles. The summed E-state index contributed by atoms with van der Waals surface area (Å²) in [6.07, 6.45) is -4.54. The molecule has 0 unspecified atom stereocenters. The number of alkyl halides is 3. The van der Waals surface area contributed by atoms with Crippen molar-refractivity contribution >= 4 is 11.6 Å². The second-order valence-corrected chi connectivity index (χ2v) is 8.98. The molecule has 0 radical (unpaired) electrons. The third-order valence-corrected chi connectivity index (χ3v) is 5.59. The van der Waals surface area contributed by atoms with Crippen LogP contribution in [0.4, 0.5) is 18.9 Å². The first-order chi connectivity index (χ1) is 18.2. The molecule has 196 valence electrons. The molecule has 11 heteroatoms. The first kappa shape index (κ1) is 25.1. The Hall–Kier alpha value is -4.54. The molecule has 1 aliphatic heterocycles. The Morgan fingerprint density at radius 3 is 2.55 bits per heavy atom. The van der Waals surface area contributed by atoms with Gasteiger partial charge in [-0.2, -0.15) is 18.2 Å². The SMILES string of the molecule is CC(C)COc1nc(-c2ccc3c(c2)OCO3)n(-c2ccc(NC(=O)c3cccc(C(F)(F)F)c3)cc2)n1. The minimum atomic E-state index is -4.54. The highest BCUT2D eigenvalue weighted by Crippen LogP contribution is 2.36. The Morgan fingerprint density at radius 1 is 1.05 bits per heavy atom. The Kier molecular flexibility index (Phi) is 6.66. The third kappa shape index (κ3) is 5.41. The number of rotatable bonds is 7. The maximum Gasteiger partial charge on any atom is 0.416 e. The van der Waals surface area contributed by atoms with Crippen LogP contribution in [-0.4, -0.2) is 34.1 Å². The van der Waals surface area contributed by atoms with Gasteiger partial charge in [0.1, 0.15) is 0 Å². The topological polar surface area (TPSA) is 87.5 Å². The summed E-state index contributed by atoms with van der Waals surface area (Å²) in [6.45, 7) is 4.61. The minimum absolute atomic E-state index is 0.0998. The first-order valence-corrected chi connectivity index (χ1v) is 11.8. The molecular formula is C27H23F3N4O4. The number of nitrogens with zero attached hydrogens (tertiary/aromatic N) is 3. The van der Waals surface area contributed by atoms with Gasteiger partial charge in [-0.3, -0.25) is 4.79 Å². The zero-order valence-corrected chi connectivity index (χ0v) is 20.5. The van der Waals surface area contributed by atoms with Crippen LogP contribution in [0.15, 0.2) is 66.7 Å². The average Bonchev–Trinajstić information content (AvgIpc) is 3.54. The van der Waals surface area contributed by atoms with Gasteiger partial charge in [0, 0.05) is 16.8 Å². The third-order valence-electron chi connectivity index (χ3n) is 5.59. The largest absolute Gasteiger partial charge is 0.462 e. The molecular weight excluding hydrogens is 501 g/mol. The molecule has 0 bridgehead atoms. The number of anilines is 1. The van der Waals surface area contributed by atoms with Crippen LogP contribution in [0.5, 0.6) is 17.5 Å². The summed E-state index contributed by atoms with van der Waals surface area (Å²) < 4.78 is 57.3. The fourth-order valence-corrected chi connectivity index (χ4v) is 3.72. The average molecular weight is 524 g/mol. The van der Waals surface area contributed by atoms with E-state index in [1.165, 1.54) is 12.1 Å². The van der Waals surface area contributed by atoms with E-state index in [1.54, 1.807) is 41.1 Å². The number of hydrogen-bond donors (Lipinski definition) is 1. The van der Waals surface area contributed by atoms with E-state index in [0.29, 0.717) is 35.3 Å². The van der Waals surface area contributed by atoms with E-state index >= 15 is 0 Å². The number of carbonyl (C=O) groups is 1. The lowest BCUT2D eigenvalue weighted by Crippen LogP contribution is -2.14. The van der Waals surface area contributed by atoms with Gasteiger partial charge in [-0.1, -0.05) is 19.9 Å². The van der Waals surface area contributed by atoms with Crippen molar-refractivity contribution in [2.24, 2.45) is 5.92 Å². The smallest absolute Gasteiger partial charge is 0.416 e. The molecule has 4 aromatic rings. The Labute approximate surface area is 216 Å². The van der Waals surface area contributed by atoms with Crippen molar-refractivity contribution in [1.82, 2.24) is 14.8 Å². The van der Waals surface area contributed by atoms with Crippen LogP contribution in [0.2, 0.25) is 0 Å². The van der Waals surface area contributed by atoms with Crippen LogP contribution in [0.3, 0.4) is 0 Å². The van der Waals surface area contributed by atoms with E-state index in [1.807, 2.05) is 19.9 Å². The van der Waals surface area contributed by atoms with E-state index in [4.69, 9.17) is 14.2 Å². The van der Waals surface area contributed by atoms with Gasteiger partial charge in [0.2, 0.25) is 6.79 Å². The van der Waals surface area contributed by atoms with Crippen molar-refractivity contribution in [2.45, 2.75) is 20.0 Å². The molecule has 0 fully saturated rings. The molecule has 0 saturated carbocycles. The molecule has 0 aliphatic carbocycles. The molecule has 8 nitrogen and oxygen atoms in total. The number of carbonyl (C=O) groups excluding carboxylic acids is 1. The van der Waals surface area contributed by atoms with Crippen molar-refractivity contribution in [1.29, 1.82) is 0 Å². The summed E-state index contributed by atoms with van der Waals surface area (Å²) in [6, 6.07) is 16.6. The zero-order chi connectivity index (χ0) is 26.9. The standard InChI is InChI=1S/C27H23F3N4O4/c1-16(2)14-36-26-32-24(17-6-11-22-23(13-17)38-15-37-22)34(33-26)21-9-7-20(8-10-21)31-25(35)18-4-3-5-19(12-18)27(28,29)30/h3-13,16H,14-15H2,1-2H3,(H,31,35). The van der Waals surface area contributed by atoms with Crippen molar-refractivity contribution in [3.8, 4) is 34.6 Å². The minimum Gasteiger partial charge on any atom is -0.462 e. The molecule has 3 aromatic carbocycles. The quantitative estimate of drug-likeness (QED) is 0.321. The van der Waals surface area contributed by atoms with Gasteiger partial charge in [0.05, 0.1) is 17.9 Å². The number of aromatic nitrogens is 3. The predicted molar refractivity (Wildman–Crippen MR) is 133 cm³/mol. The van der Waals surface area contributed by atoms with Crippen molar-refractivity contribution < 1.29 is 32.2 Å². The number of hydrogen-bond acceptors (Lipinski definition) is 6. The van der Waals surface area contributed by atoms with Gasteiger partial charge in [0.25, 0.3) is 5.91 Å². The van der Waals surface area contributed by atoms with Gasteiger partial charge >= 0.3 is 12.2 Å². The summed E-state index contributed by atoms with van der Waals surface area (Å²) in [5, 5.41) is 7.13. The highest BCUT2D eigenvalue weighted by Gasteiger charge is 2.31. The van der Waals surface area contributed by atoms with E-state index < -0.39 is 17.6 Å². The summed E-state index contributed by atoms with van der Waals surface area (Å²) >= 11 is 0. The lowest BCUT2D eigenvalue weighted by Gasteiger charge is -2.10. The number of benzene rings is 3. The lowest BCUT2D eigenvalue weighted by molar-refractivity contribution is -0.137. The maximum absolute atomic E-state index is 13.0. The summed E-state index contributed by atoms with van der Waals surface area (Å²) in [5.74, 6) is 1.35. The second kappa shape index (κ2) is 10.1. The van der Waals surface area contributed by atoms with Crippen molar-refractivity contribution in [3.05, 3.63) is 77.9 Å². The number of amides is 1. The van der Waals surface area contributed by atoms with E-state index in [9.17, 15) is 18.0 Å². The normalized spacial score (nSPS) is 12.6. The van der Waals surface area contributed by atoms with Gasteiger partial charge in [-0.05, 0) is 66.6 Å². The predicted octanol–water partition coefficient (Wildman–Crippen LogP) is 5.97. The van der Waals surface area contributed by atoms with Gasteiger partial charge in [-0.15, -0.1) is 5.10 Å². The van der Waals surface area contributed by atoms with Gasteiger partial charge < -0.3 is 19.5 Å². The molecule has 2 heterocycles. The second-order valence-electron chi connectivity index (χ2n) is 8.98. The summed E-state index contributed by atoms with van der Waals surface area (Å²) in [4.78, 5) is 17.1. The number of halogens is 3. The summed E-state index contributed by atoms with van der Waals surface area (Å²) in [7, 11) is 0. The lowest BCUT2D eigenvalue weighted by atomic mass is 10.1. The van der Waals surface area contributed by atoms with Crippen LogP contribution in [0.25, 0.3) is 17.1 Å². The molecule has 1 aliphatic rings. The molecule has 1 amide bonds. The fraction of sp³-hybridized carbons (Fsp3) is 0.222. The molecule has 1 aromatic heterocycles. The van der Waals surface area contributed by atoms with Crippen LogP contribution in [0.1, 0.15) is 29.8 Å². The van der Waals surface area contributed by atoms with Crippen LogP contribution in [0, 0.1) is 5.92 Å². The number of fused-ring (bicyclic) bond motifs is 1. The molecule has 5 rings (SSSR count). The maximum atomic E-state index is 13.0. The molecule has 1 N–H and O–H groups in total. The Morgan fingerprint density at radius 2 is 1.82 bits per heavy atom. The van der Waals surface area contributed by atoms with Crippen molar-refractivity contribution in [3.63, 3.8) is 0 Å². The molecule has 0 spiro atoms. The van der Waals surface area contributed by atoms with Crippen LogP contribution < -0.4 is 19.5 Å². The first-order valence-electron chi connectivity index (χ1n) is 11.8. The van der Waals surface area contributed by atoms with Crippen LogP contribution >= 0.6 is 0 Å². The van der Waals surface area contributed by atoms with E-state index in [-0.39, 0.29) is 24.3 Å². The molecule has 0 atom stereocenters. The van der Waals surface area contributed by atoms with Gasteiger partial charge in [0.15, 0.2) is 17.3 Å². The monoisotopic (exact) mass is 524 g/mol. The fourth-order valence-electron chi connectivity index (χ4n) is 3.72. The highest BCUT2D eigenvalue weighted by atomic mass is 19.4. The molecule has 38 heavy (non-hydrogen) atoms. The van der Waals surface area contributed by atoms with E-state index in [2.05, 4.69) is 15.4 Å². The zero-order valence-electron chi connectivity index (χ0n) is 20.5. The van der Waals surface area contributed by atoms with Crippen molar-refractivity contribution in [2.75, 3.05) is 18.7 Å². The Bertz CT molecular complexity index is 1470. The van der Waals surface area contributed by atoms with Gasteiger partial charge in [-0.25, -0.2) is 4.68 Å². The Balaban J connectivity index is 1.41. The highest BCUT2D eigenvalue weighted by molar-refractivity contribution is 6.04.